The van der Waals surface area contributed by atoms with Gasteiger partial charge in [0.1, 0.15) is 5.82 Å². The highest BCUT2D eigenvalue weighted by Gasteiger charge is 2.41. The van der Waals surface area contributed by atoms with E-state index in [0.29, 0.717) is 43.6 Å². The average molecular weight is 479 g/mol. The lowest BCUT2D eigenvalue weighted by atomic mass is 10.1. The van der Waals surface area contributed by atoms with Crippen LogP contribution in [0.15, 0.2) is 89.7 Å². The van der Waals surface area contributed by atoms with Crippen LogP contribution >= 0.6 is 0 Å². The molecule has 2 aliphatic rings. The Morgan fingerprint density at radius 1 is 0.694 bits per heavy atom. The molecule has 3 aromatic carbocycles. The van der Waals surface area contributed by atoms with Crippen LogP contribution < -0.4 is 15.4 Å². The van der Waals surface area contributed by atoms with E-state index in [2.05, 4.69) is 0 Å². The molecule has 0 atom stereocenters. The van der Waals surface area contributed by atoms with Crippen molar-refractivity contribution in [2.45, 2.75) is 0 Å². The molecule has 0 N–H and O–H groups in total. The molecule has 8 nitrogen and oxygen atoms in total. The van der Waals surface area contributed by atoms with Gasteiger partial charge in [-0.25, -0.2) is 9.88 Å². The van der Waals surface area contributed by atoms with Gasteiger partial charge in [-0.2, -0.15) is 0 Å². The summed E-state index contributed by atoms with van der Waals surface area (Å²) in [6, 6.07) is 25.1. The monoisotopic (exact) mass is 478 g/mol. The quantitative estimate of drug-likeness (QED) is 0.417. The Bertz CT molecular complexity index is 1490. The van der Waals surface area contributed by atoms with E-state index < -0.39 is 17.4 Å². The molecule has 0 radical (unpaired) electrons. The number of amides is 2. The van der Waals surface area contributed by atoms with Gasteiger partial charge in [0.25, 0.3) is 17.4 Å². The summed E-state index contributed by atoms with van der Waals surface area (Å²) in [7, 11) is 0. The molecule has 178 valence electrons. The number of anilines is 2. The fourth-order valence-electron chi connectivity index (χ4n) is 4.68. The Hall–Kier alpha value is -4.56. The summed E-state index contributed by atoms with van der Waals surface area (Å²) in [5.41, 5.74) is 1.32. The van der Waals surface area contributed by atoms with Gasteiger partial charge < -0.3 is 9.64 Å². The lowest BCUT2D eigenvalue weighted by molar-refractivity contribution is 0.0925. The predicted molar refractivity (Wildman–Crippen MR) is 136 cm³/mol. The number of hydrogen-bond acceptors (Lipinski definition) is 6. The summed E-state index contributed by atoms with van der Waals surface area (Å²) in [5.74, 6) is -0.343. The Balaban J connectivity index is 1.66. The first-order valence-electron chi connectivity index (χ1n) is 11.7. The van der Waals surface area contributed by atoms with Crippen LogP contribution in [0.3, 0.4) is 0 Å². The van der Waals surface area contributed by atoms with E-state index in [1.54, 1.807) is 36.4 Å². The van der Waals surface area contributed by atoms with Crippen LogP contribution in [0.4, 0.5) is 11.5 Å². The van der Waals surface area contributed by atoms with Crippen LogP contribution in [-0.2, 0) is 4.74 Å². The molecule has 1 aromatic heterocycles. The van der Waals surface area contributed by atoms with Crippen molar-refractivity contribution in [3.8, 4) is 17.1 Å². The van der Waals surface area contributed by atoms with Crippen molar-refractivity contribution < 1.29 is 14.3 Å². The Morgan fingerprint density at radius 3 is 1.86 bits per heavy atom. The standard InChI is InChI=1S/C28H22N4O4/c33-26-21-13-7-8-14-22(21)27(34)32(26)23-25(30-15-17-36-18-16-30)29-24(19-9-3-1-4-10-19)31(28(23)35)20-11-5-2-6-12-20/h1-14H,15-18H2. The number of nitrogens with zero attached hydrogens (tertiary/aromatic N) is 4. The molecule has 0 unspecified atom stereocenters. The molecule has 6 rings (SSSR count). The number of ether oxygens (including phenoxy) is 1. The van der Waals surface area contributed by atoms with Gasteiger partial charge in [0, 0.05) is 18.7 Å². The third-order valence-electron chi connectivity index (χ3n) is 6.42. The van der Waals surface area contributed by atoms with Crippen molar-refractivity contribution in [1.82, 2.24) is 9.55 Å². The van der Waals surface area contributed by atoms with Crippen molar-refractivity contribution in [2.24, 2.45) is 0 Å². The van der Waals surface area contributed by atoms with Gasteiger partial charge in [-0.05, 0) is 24.3 Å². The van der Waals surface area contributed by atoms with Gasteiger partial charge in [0.2, 0.25) is 0 Å². The minimum atomic E-state index is -0.531. The molecule has 8 heteroatoms. The van der Waals surface area contributed by atoms with Gasteiger partial charge in [0.15, 0.2) is 11.5 Å². The second-order valence-electron chi connectivity index (χ2n) is 8.54. The number of aromatic nitrogens is 2. The van der Waals surface area contributed by atoms with Gasteiger partial charge in [0.05, 0.1) is 30.0 Å². The van der Waals surface area contributed by atoms with Gasteiger partial charge in [-0.15, -0.1) is 0 Å². The van der Waals surface area contributed by atoms with Crippen molar-refractivity contribution in [3.05, 3.63) is 106 Å². The van der Waals surface area contributed by atoms with Gasteiger partial charge in [-0.3, -0.25) is 19.0 Å². The van der Waals surface area contributed by atoms with Crippen molar-refractivity contribution in [3.63, 3.8) is 0 Å². The average Bonchev–Trinajstić information content (AvgIpc) is 3.19. The van der Waals surface area contributed by atoms with Crippen LogP contribution in [0.25, 0.3) is 17.1 Å². The first-order valence-corrected chi connectivity index (χ1v) is 11.7. The van der Waals surface area contributed by atoms with E-state index in [4.69, 9.17) is 9.72 Å². The lowest BCUT2D eigenvalue weighted by Gasteiger charge is -2.31. The van der Waals surface area contributed by atoms with E-state index in [9.17, 15) is 14.4 Å². The number of rotatable bonds is 4. The first-order chi connectivity index (χ1) is 17.6. The molecule has 3 heterocycles. The Kier molecular flexibility index (Phi) is 5.42. The highest BCUT2D eigenvalue weighted by atomic mass is 16.5. The summed E-state index contributed by atoms with van der Waals surface area (Å²) < 4.78 is 6.99. The Labute approximate surface area is 207 Å². The molecular weight excluding hydrogens is 456 g/mol. The number of benzene rings is 3. The minimum Gasteiger partial charge on any atom is -0.378 e. The van der Waals surface area contributed by atoms with Crippen LogP contribution in [0.5, 0.6) is 0 Å². The molecule has 2 amide bonds. The molecule has 0 aliphatic carbocycles. The summed E-state index contributed by atoms with van der Waals surface area (Å²) in [4.78, 5) is 49.2. The molecule has 2 aliphatic heterocycles. The van der Waals surface area contributed by atoms with Crippen molar-refractivity contribution in [1.29, 1.82) is 0 Å². The molecule has 0 spiro atoms. The fourth-order valence-corrected chi connectivity index (χ4v) is 4.68. The summed E-state index contributed by atoms with van der Waals surface area (Å²) >= 11 is 0. The second kappa shape index (κ2) is 8.90. The van der Waals surface area contributed by atoms with Crippen LogP contribution in [0, 0.1) is 0 Å². The number of carbonyl (C=O) groups excluding carboxylic acids is 2. The van der Waals surface area contributed by atoms with Gasteiger partial charge in [-0.1, -0.05) is 60.7 Å². The second-order valence-corrected chi connectivity index (χ2v) is 8.54. The number of fused-ring (bicyclic) bond motifs is 1. The largest absolute Gasteiger partial charge is 0.378 e. The zero-order chi connectivity index (χ0) is 24.6. The van der Waals surface area contributed by atoms with E-state index in [-0.39, 0.29) is 16.8 Å². The number of para-hydroxylation sites is 1. The van der Waals surface area contributed by atoms with Crippen molar-refractivity contribution >= 4 is 23.3 Å². The summed E-state index contributed by atoms with van der Waals surface area (Å²) in [6.07, 6.45) is 0. The third-order valence-corrected chi connectivity index (χ3v) is 6.42. The van der Waals surface area contributed by atoms with E-state index in [0.717, 1.165) is 10.5 Å². The van der Waals surface area contributed by atoms with Crippen LogP contribution in [0.1, 0.15) is 20.7 Å². The van der Waals surface area contributed by atoms with Crippen molar-refractivity contribution in [2.75, 3.05) is 36.1 Å². The van der Waals surface area contributed by atoms with E-state index in [1.807, 2.05) is 53.4 Å². The third kappa shape index (κ3) is 3.50. The zero-order valence-corrected chi connectivity index (χ0v) is 19.3. The fraction of sp³-hybridized carbons (Fsp3) is 0.143. The summed E-state index contributed by atoms with van der Waals surface area (Å²) in [6.45, 7) is 1.86. The molecule has 36 heavy (non-hydrogen) atoms. The summed E-state index contributed by atoms with van der Waals surface area (Å²) in [5, 5.41) is 0. The maximum atomic E-state index is 14.4. The first kappa shape index (κ1) is 21.9. The topological polar surface area (TPSA) is 84.7 Å². The number of carbonyl (C=O) groups is 2. The highest BCUT2D eigenvalue weighted by Crippen LogP contribution is 2.34. The smallest absolute Gasteiger partial charge is 0.285 e. The lowest BCUT2D eigenvalue weighted by Crippen LogP contribution is -2.43. The maximum absolute atomic E-state index is 14.4. The number of imide groups is 1. The zero-order valence-electron chi connectivity index (χ0n) is 19.3. The number of hydrogen-bond donors (Lipinski definition) is 0. The van der Waals surface area contributed by atoms with Crippen LogP contribution in [-0.4, -0.2) is 47.7 Å². The normalized spacial score (nSPS) is 15.3. The molecule has 1 fully saturated rings. The van der Waals surface area contributed by atoms with E-state index in [1.165, 1.54) is 4.57 Å². The Morgan fingerprint density at radius 2 is 1.25 bits per heavy atom. The maximum Gasteiger partial charge on any atom is 0.285 e. The molecule has 0 bridgehead atoms. The molecule has 0 saturated carbocycles. The molecular formula is C28H22N4O4. The highest BCUT2D eigenvalue weighted by molar-refractivity contribution is 6.35. The number of morpholine rings is 1. The molecule has 4 aromatic rings. The van der Waals surface area contributed by atoms with E-state index >= 15 is 0 Å². The van der Waals surface area contributed by atoms with Crippen LogP contribution in [0.2, 0.25) is 0 Å². The molecule has 1 saturated heterocycles. The predicted octanol–water partition coefficient (Wildman–Crippen LogP) is 3.54. The SMILES string of the molecule is O=C1c2ccccc2C(=O)N1c1c(N2CCOCC2)nc(-c2ccccc2)n(-c2ccccc2)c1=O. The van der Waals surface area contributed by atoms with Gasteiger partial charge >= 0.3 is 0 Å². The minimum absolute atomic E-state index is 0.0494.